The van der Waals surface area contributed by atoms with E-state index < -0.39 is 15.6 Å². The lowest BCUT2D eigenvalue weighted by Gasteiger charge is -2.27. The maximum absolute atomic E-state index is 12.5. The maximum atomic E-state index is 12.5. The van der Waals surface area contributed by atoms with E-state index in [0.717, 1.165) is 0 Å². The molecule has 0 aromatic carbocycles. The predicted octanol–water partition coefficient (Wildman–Crippen LogP) is 1.07. The lowest BCUT2D eigenvalue weighted by atomic mass is 10.1. The van der Waals surface area contributed by atoms with Crippen molar-refractivity contribution >= 4 is 10.0 Å². The minimum Gasteiger partial charge on any atom is -0.389 e. The van der Waals surface area contributed by atoms with Crippen molar-refractivity contribution in [3.63, 3.8) is 0 Å². The van der Waals surface area contributed by atoms with E-state index in [9.17, 15) is 13.5 Å². The minimum atomic E-state index is -3.69. The van der Waals surface area contributed by atoms with Crippen LogP contribution in [0.25, 0.3) is 0 Å². The number of hydrogen-bond donors (Lipinski definition) is 1. The highest BCUT2D eigenvalue weighted by Crippen LogP contribution is 2.24. The number of rotatable bonds is 5. The molecular formula is C11H20N2O4S. The van der Waals surface area contributed by atoms with Gasteiger partial charge in [-0.05, 0) is 27.7 Å². The molecule has 0 atom stereocenters. The largest absolute Gasteiger partial charge is 0.389 e. The molecule has 0 fully saturated rings. The van der Waals surface area contributed by atoms with Gasteiger partial charge in [-0.3, -0.25) is 0 Å². The highest BCUT2D eigenvalue weighted by atomic mass is 32.2. The van der Waals surface area contributed by atoms with Crippen LogP contribution in [0.2, 0.25) is 0 Å². The maximum Gasteiger partial charge on any atom is 0.248 e. The van der Waals surface area contributed by atoms with Crippen LogP contribution in [-0.4, -0.2) is 41.7 Å². The molecule has 0 saturated heterocycles. The molecule has 1 heterocycles. The second-order valence-corrected chi connectivity index (χ2v) is 6.77. The fourth-order valence-corrected chi connectivity index (χ4v) is 3.67. The number of hydrogen-bond acceptors (Lipinski definition) is 5. The summed E-state index contributed by atoms with van der Waals surface area (Å²) < 4.78 is 31.0. The van der Waals surface area contributed by atoms with Crippen LogP contribution in [0.3, 0.4) is 0 Å². The third kappa shape index (κ3) is 3.09. The third-order valence-corrected chi connectivity index (χ3v) is 4.65. The van der Waals surface area contributed by atoms with Crippen LogP contribution >= 0.6 is 0 Å². The molecule has 18 heavy (non-hydrogen) atoms. The summed E-state index contributed by atoms with van der Waals surface area (Å²) in [6.07, 6.45) is 0. The van der Waals surface area contributed by atoms with Gasteiger partial charge in [-0.1, -0.05) is 12.1 Å². The van der Waals surface area contributed by atoms with Crippen LogP contribution in [0.4, 0.5) is 0 Å². The van der Waals surface area contributed by atoms with E-state index in [4.69, 9.17) is 4.52 Å². The topological polar surface area (TPSA) is 83.6 Å². The van der Waals surface area contributed by atoms with E-state index in [0.29, 0.717) is 5.69 Å². The van der Waals surface area contributed by atoms with Gasteiger partial charge in [0.15, 0.2) is 5.76 Å². The molecule has 0 aliphatic rings. The average molecular weight is 276 g/mol. The van der Waals surface area contributed by atoms with Gasteiger partial charge in [0.1, 0.15) is 10.6 Å². The summed E-state index contributed by atoms with van der Waals surface area (Å²) in [5, 5.41) is 13.4. The first-order chi connectivity index (χ1) is 8.09. The van der Waals surface area contributed by atoms with Gasteiger partial charge >= 0.3 is 0 Å². The van der Waals surface area contributed by atoms with E-state index in [-0.39, 0.29) is 23.7 Å². The van der Waals surface area contributed by atoms with Crippen molar-refractivity contribution in [1.82, 2.24) is 9.46 Å². The van der Waals surface area contributed by atoms with Gasteiger partial charge in [0, 0.05) is 13.1 Å². The number of sulfonamides is 1. The molecule has 0 aliphatic heterocycles. The molecule has 6 nitrogen and oxygen atoms in total. The average Bonchev–Trinajstić information content (AvgIpc) is 2.53. The first kappa shape index (κ1) is 15.1. The highest BCUT2D eigenvalue weighted by molar-refractivity contribution is 7.89. The van der Waals surface area contributed by atoms with Crippen molar-refractivity contribution < 1.29 is 18.0 Å². The zero-order valence-corrected chi connectivity index (χ0v) is 12.2. The zero-order valence-electron chi connectivity index (χ0n) is 11.4. The molecule has 0 spiro atoms. The predicted molar refractivity (Wildman–Crippen MR) is 66.7 cm³/mol. The molecular weight excluding hydrogens is 256 g/mol. The summed E-state index contributed by atoms with van der Waals surface area (Å²) in [5.74, 6) is 0.265. The molecule has 0 bridgehead atoms. The lowest BCUT2D eigenvalue weighted by Crippen LogP contribution is -2.42. The highest BCUT2D eigenvalue weighted by Gasteiger charge is 2.32. The molecule has 0 radical (unpaired) electrons. The Hall–Kier alpha value is -0.920. The minimum absolute atomic E-state index is 0.0237. The Balaban J connectivity index is 3.20. The Morgan fingerprint density at radius 1 is 1.39 bits per heavy atom. The number of aromatic nitrogens is 1. The molecule has 1 rings (SSSR count). The SMILES string of the molecule is CCN(CC(C)(C)O)S(=O)(=O)c1c(C)noc1C. The van der Waals surface area contributed by atoms with Gasteiger partial charge in [0.2, 0.25) is 10.0 Å². The molecule has 0 aliphatic carbocycles. The zero-order chi connectivity index (χ0) is 14.1. The van der Waals surface area contributed by atoms with Gasteiger partial charge < -0.3 is 9.63 Å². The Labute approximate surface area is 108 Å². The fraction of sp³-hybridized carbons (Fsp3) is 0.727. The van der Waals surface area contributed by atoms with Crippen LogP contribution in [0.5, 0.6) is 0 Å². The Morgan fingerprint density at radius 2 is 1.94 bits per heavy atom. The summed E-state index contributed by atoms with van der Waals surface area (Å²) in [4.78, 5) is 0.0913. The molecule has 0 amide bonds. The van der Waals surface area contributed by atoms with Crippen molar-refractivity contribution in [2.45, 2.75) is 45.1 Å². The van der Waals surface area contributed by atoms with E-state index >= 15 is 0 Å². The molecule has 1 N–H and O–H groups in total. The molecule has 1 aromatic rings. The first-order valence-corrected chi connectivity index (χ1v) is 7.19. The first-order valence-electron chi connectivity index (χ1n) is 5.75. The summed E-state index contributed by atoms with van der Waals surface area (Å²) in [6, 6.07) is 0. The third-order valence-electron chi connectivity index (χ3n) is 2.48. The van der Waals surface area contributed by atoms with E-state index in [1.54, 1.807) is 34.6 Å². The van der Waals surface area contributed by atoms with Gasteiger partial charge in [0.05, 0.1) is 5.60 Å². The van der Waals surface area contributed by atoms with Gasteiger partial charge in [-0.2, -0.15) is 4.31 Å². The normalized spacial score (nSPS) is 13.3. The van der Waals surface area contributed by atoms with Crippen LogP contribution in [0.1, 0.15) is 32.2 Å². The quantitative estimate of drug-likeness (QED) is 0.869. The number of aliphatic hydroxyl groups is 1. The summed E-state index contributed by atoms with van der Waals surface area (Å²) >= 11 is 0. The number of nitrogens with zero attached hydrogens (tertiary/aromatic N) is 2. The Bertz CT molecular complexity index is 494. The van der Waals surface area contributed by atoms with Gasteiger partial charge in [-0.25, -0.2) is 8.42 Å². The lowest BCUT2D eigenvalue weighted by molar-refractivity contribution is 0.0601. The Kier molecular flexibility index (Phi) is 4.19. The van der Waals surface area contributed by atoms with Crippen LogP contribution in [-0.2, 0) is 10.0 Å². The molecule has 0 saturated carbocycles. The second-order valence-electron chi connectivity index (χ2n) is 4.90. The van der Waals surface area contributed by atoms with E-state index in [2.05, 4.69) is 5.16 Å². The fourth-order valence-electron chi connectivity index (χ4n) is 1.77. The summed E-state index contributed by atoms with van der Waals surface area (Å²) in [5.41, 5.74) is -0.760. The van der Waals surface area contributed by atoms with Gasteiger partial charge in [0.25, 0.3) is 0 Å². The van der Waals surface area contributed by atoms with Crippen molar-refractivity contribution in [2.24, 2.45) is 0 Å². The summed E-state index contributed by atoms with van der Waals surface area (Å²) in [6.45, 7) is 8.30. The van der Waals surface area contributed by atoms with Crippen molar-refractivity contribution in [3.8, 4) is 0 Å². The summed E-state index contributed by atoms with van der Waals surface area (Å²) in [7, 11) is -3.69. The molecule has 1 aromatic heterocycles. The van der Waals surface area contributed by atoms with Crippen molar-refractivity contribution in [2.75, 3.05) is 13.1 Å². The standard InChI is InChI=1S/C11H20N2O4S/c1-6-13(7-11(4,5)14)18(15,16)10-8(2)12-17-9(10)3/h14H,6-7H2,1-5H3. The van der Waals surface area contributed by atoms with Crippen LogP contribution in [0, 0.1) is 13.8 Å². The smallest absolute Gasteiger partial charge is 0.248 e. The van der Waals surface area contributed by atoms with Crippen LogP contribution in [0.15, 0.2) is 9.42 Å². The van der Waals surface area contributed by atoms with E-state index in [1.165, 1.54) is 4.31 Å². The van der Waals surface area contributed by atoms with E-state index in [1.807, 2.05) is 0 Å². The van der Waals surface area contributed by atoms with Crippen LogP contribution < -0.4 is 0 Å². The van der Waals surface area contributed by atoms with Gasteiger partial charge in [-0.15, -0.1) is 0 Å². The van der Waals surface area contributed by atoms with Crippen molar-refractivity contribution in [3.05, 3.63) is 11.5 Å². The number of likely N-dealkylation sites (N-methyl/N-ethyl adjacent to an activating group) is 1. The molecule has 104 valence electrons. The molecule has 0 unspecified atom stereocenters. The monoisotopic (exact) mass is 276 g/mol. The molecule has 7 heteroatoms. The number of aryl methyl sites for hydroxylation is 2. The van der Waals surface area contributed by atoms with Crippen molar-refractivity contribution in [1.29, 1.82) is 0 Å². The Morgan fingerprint density at radius 3 is 2.28 bits per heavy atom. The second kappa shape index (κ2) is 4.99.